The van der Waals surface area contributed by atoms with Crippen LogP contribution in [-0.4, -0.2) is 35.0 Å². The molecule has 1 atom stereocenters. The number of hydrogen-bond donors (Lipinski definition) is 1. The molecule has 1 N–H and O–H groups in total. The summed E-state index contributed by atoms with van der Waals surface area (Å²) in [5.74, 6) is -0.900. The fourth-order valence-corrected chi connectivity index (χ4v) is 3.66. The van der Waals surface area contributed by atoms with Gasteiger partial charge in [0.15, 0.2) is 0 Å². The van der Waals surface area contributed by atoms with Crippen molar-refractivity contribution in [1.82, 2.24) is 4.90 Å². The molecule has 1 aliphatic heterocycles. The highest BCUT2D eigenvalue weighted by atomic mass is 127. The molecule has 1 aromatic rings. The molecule has 1 saturated heterocycles. The monoisotopic (exact) mass is 465 g/mol. The first-order valence-electron chi connectivity index (χ1n) is 6.87. The van der Waals surface area contributed by atoms with Crippen molar-refractivity contribution in [2.45, 2.75) is 26.2 Å². The summed E-state index contributed by atoms with van der Waals surface area (Å²) >= 11 is 5.57. The number of carbonyl (C=O) groups is 2. The first-order chi connectivity index (χ1) is 9.89. The van der Waals surface area contributed by atoms with Gasteiger partial charge in [0.05, 0.1) is 11.0 Å². The lowest BCUT2D eigenvalue weighted by molar-refractivity contribution is -0.152. The number of likely N-dealkylation sites (tertiary alicyclic amines) is 1. The average Bonchev–Trinajstić information content (AvgIpc) is 2.48. The first-order valence-corrected chi connectivity index (χ1v) is 8.74. The molecule has 0 saturated carbocycles. The summed E-state index contributed by atoms with van der Waals surface area (Å²) in [6.07, 6.45) is 1.91. The summed E-state index contributed by atoms with van der Waals surface area (Å²) in [4.78, 5) is 26.0. The Kier molecular flexibility index (Phi) is 5.29. The minimum atomic E-state index is -0.803. The second-order valence-electron chi connectivity index (χ2n) is 5.39. The molecular formula is C15H17BrINO3. The van der Waals surface area contributed by atoms with Crippen LogP contribution in [0.3, 0.4) is 0 Å². The van der Waals surface area contributed by atoms with Crippen LogP contribution in [0.25, 0.3) is 0 Å². The van der Waals surface area contributed by atoms with Crippen LogP contribution in [0.4, 0.5) is 0 Å². The van der Waals surface area contributed by atoms with E-state index in [0.717, 1.165) is 14.5 Å². The topological polar surface area (TPSA) is 57.6 Å². The number of aliphatic carboxylic acids is 1. The van der Waals surface area contributed by atoms with Gasteiger partial charge in [-0.2, -0.15) is 0 Å². The molecule has 0 aromatic heterocycles. The molecular weight excluding hydrogens is 449 g/mol. The molecule has 1 aromatic carbocycles. The Morgan fingerprint density at radius 2 is 2.19 bits per heavy atom. The molecule has 0 spiro atoms. The highest BCUT2D eigenvalue weighted by Gasteiger charge is 2.42. The molecule has 1 fully saturated rings. The molecule has 4 nitrogen and oxygen atoms in total. The van der Waals surface area contributed by atoms with E-state index in [1.54, 1.807) is 4.90 Å². The van der Waals surface area contributed by atoms with E-state index in [4.69, 9.17) is 0 Å². The lowest BCUT2D eigenvalue weighted by atomic mass is 9.77. The molecule has 0 radical (unpaired) electrons. The number of carboxylic acid groups (broad SMARTS) is 1. The molecule has 21 heavy (non-hydrogen) atoms. The molecule has 1 heterocycles. The van der Waals surface area contributed by atoms with Crippen molar-refractivity contribution in [3.63, 3.8) is 0 Å². The van der Waals surface area contributed by atoms with Crippen LogP contribution in [0.2, 0.25) is 0 Å². The normalized spacial score (nSPS) is 22.1. The Morgan fingerprint density at radius 3 is 2.81 bits per heavy atom. The van der Waals surface area contributed by atoms with Crippen LogP contribution in [-0.2, 0) is 4.79 Å². The van der Waals surface area contributed by atoms with Crippen molar-refractivity contribution >= 4 is 50.4 Å². The lowest BCUT2D eigenvalue weighted by Gasteiger charge is -2.39. The second kappa shape index (κ2) is 6.64. The van der Waals surface area contributed by atoms with Gasteiger partial charge in [-0.3, -0.25) is 9.59 Å². The van der Waals surface area contributed by atoms with Gasteiger partial charge in [0.2, 0.25) is 0 Å². The molecule has 114 valence electrons. The van der Waals surface area contributed by atoms with E-state index >= 15 is 0 Å². The van der Waals surface area contributed by atoms with Crippen LogP contribution >= 0.6 is 38.5 Å². The molecule has 1 unspecified atom stereocenters. The number of carboxylic acids is 1. The van der Waals surface area contributed by atoms with E-state index in [2.05, 4.69) is 38.5 Å². The fraction of sp³-hybridized carbons (Fsp3) is 0.467. The molecule has 0 aliphatic carbocycles. The molecule has 2 rings (SSSR count). The summed E-state index contributed by atoms with van der Waals surface area (Å²) in [6, 6.07) is 5.60. The van der Waals surface area contributed by atoms with E-state index in [9.17, 15) is 14.7 Å². The lowest BCUT2D eigenvalue weighted by Crippen LogP contribution is -2.49. The van der Waals surface area contributed by atoms with Crippen molar-refractivity contribution in [2.75, 3.05) is 13.1 Å². The number of benzene rings is 1. The van der Waals surface area contributed by atoms with Crippen molar-refractivity contribution in [1.29, 1.82) is 0 Å². The SMILES string of the molecule is CCC1(C(=O)O)CCCN(C(=O)c2cc(I)ccc2Br)C1. The zero-order valence-electron chi connectivity index (χ0n) is 11.7. The molecule has 6 heteroatoms. The number of halogens is 2. The number of nitrogens with zero attached hydrogens (tertiary/aromatic N) is 1. The summed E-state index contributed by atoms with van der Waals surface area (Å²) in [5.41, 5.74) is -0.207. The zero-order valence-corrected chi connectivity index (χ0v) is 15.5. The zero-order chi connectivity index (χ0) is 15.6. The summed E-state index contributed by atoms with van der Waals surface area (Å²) in [5, 5.41) is 9.51. The summed E-state index contributed by atoms with van der Waals surface area (Å²) in [7, 11) is 0. The van der Waals surface area contributed by atoms with Crippen LogP contribution in [0.15, 0.2) is 22.7 Å². The van der Waals surface area contributed by atoms with Gasteiger partial charge in [-0.15, -0.1) is 0 Å². The Balaban J connectivity index is 2.27. The van der Waals surface area contributed by atoms with Crippen LogP contribution in [0.1, 0.15) is 36.5 Å². The predicted molar refractivity (Wildman–Crippen MR) is 92.4 cm³/mol. The quantitative estimate of drug-likeness (QED) is 0.691. The number of piperidine rings is 1. The van der Waals surface area contributed by atoms with Gasteiger partial charge in [0.1, 0.15) is 0 Å². The van der Waals surface area contributed by atoms with Crippen molar-refractivity contribution in [2.24, 2.45) is 5.41 Å². The van der Waals surface area contributed by atoms with E-state index < -0.39 is 11.4 Å². The maximum atomic E-state index is 12.7. The van der Waals surface area contributed by atoms with Gasteiger partial charge in [0, 0.05) is 21.1 Å². The predicted octanol–water partition coefficient (Wildman–Crippen LogP) is 3.77. The van der Waals surface area contributed by atoms with Gasteiger partial charge >= 0.3 is 5.97 Å². The Bertz CT molecular complexity index is 578. The van der Waals surface area contributed by atoms with E-state index in [1.165, 1.54) is 0 Å². The van der Waals surface area contributed by atoms with Crippen molar-refractivity contribution in [3.05, 3.63) is 31.8 Å². The fourth-order valence-electron chi connectivity index (χ4n) is 2.75. The Hall–Kier alpha value is -0.630. The first kappa shape index (κ1) is 16.7. The third-order valence-electron chi connectivity index (χ3n) is 4.15. The Morgan fingerprint density at radius 1 is 1.48 bits per heavy atom. The molecule has 0 bridgehead atoms. The third kappa shape index (κ3) is 3.41. The minimum Gasteiger partial charge on any atom is -0.481 e. The number of amides is 1. The highest BCUT2D eigenvalue weighted by Crippen LogP contribution is 2.35. The van der Waals surface area contributed by atoms with Crippen molar-refractivity contribution in [3.8, 4) is 0 Å². The number of hydrogen-bond acceptors (Lipinski definition) is 2. The van der Waals surface area contributed by atoms with Gasteiger partial charge in [-0.1, -0.05) is 6.92 Å². The molecule has 1 amide bonds. The van der Waals surface area contributed by atoms with Gasteiger partial charge in [-0.05, 0) is 76.0 Å². The third-order valence-corrected chi connectivity index (χ3v) is 5.52. The van der Waals surface area contributed by atoms with Crippen molar-refractivity contribution < 1.29 is 14.7 Å². The minimum absolute atomic E-state index is 0.0980. The van der Waals surface area contributed by atoms with Gasteiger partial charge in [-0.25, -0.2) is 0 Å². The van der Waals surface area contributed by atoms with Crippen LogP contribution in [0, 0.1) is 8.99 Å². The van der Waals surface area contributed by atoms with Crippen LogP contribution in [0.5, 0.6) is 0 Å². The Labute approximate surface area is 146 Å². The summed E-state index contributed by atoms with van der Waals surface area (Å²) < 4.78 is 1.73. The smallest absolute Gasteiger partial charge is 0.311 e. The van der Waals surface area contributed by atoms with E-state index in [1.807, 2.05) is 25.1 Å². The van der Waals surface area contributed by atoms with Gasteiger partial charge < -0.3 is 10.0 Å². The number of rotatable bonds is 3. The van der Waals surface area contributed by atoms with Gasteiger partial charge in [0.25, 0.3) is 5.91 Å². The highest BCUT2D eigenvalue weighted by molar-refractivity contribution is 14.1. The maximum Gasteiger partial charge on any atom is 0.311 e. The standard InChI is InChI=1S/C15H17BrINO3/c1-2-15(14(20)21)6-3-7-18(9-15)13(19)11-8-10(17)4-5-12(11)16/h4-5,8H,2-3,6-7,9H2,1H3,(H,20,21). The molecule has 1 aliphatic rings. The average molecular weight is 466 g/mol. The maximum absolute atomic E-state index is 12.7. The largest absolute Gasteiger partial charge is 0.481 e. The summed E-state index contributed by atoms with van der Waals surface area (Å²) in [6.45, 7) is 2.78. The van der Waals surface area contributed by atoms with Crippen LogP contribution < -0.4 is 0 Å². The van der Waals surface area contributed by atoms with E-state index in [-0.39, 0.29) is 12.5 Å². The van der Waals surface area contributed by atoms with E-state index in [0.29, 0.717) is 24.9 Å². The number of carbonyl (C=O) groups excluding carboxylic acids is 1. The second-order valence-corrected chi connectivity index (χ2v) is 7.49.